The van der Waals surface area contributed by atoms with Crippen LogP contribution in [0.15, 0.2) is 17.3 Å². The summed E-state index contributed by atoms with van der Waals surface area (Å²) in [6.45, 7) is 8.93. The number of aromatic nitrogens is 4. The molecular formula is C17H25ClN6O3S. The van der Waals surface area contributed by atoms with Crippen LogP contribution in [0.2, 0.25) is 5.02 Å². The van der Waals surface area contributed by atoms with Gasteiger partial charge in [0.1, 0.15) is 10.9 Å². The van der Waals surface area contributed by atoms with Crippen molar-refractivity contribution < 1.29 is 13.2 Å². The highest BCUT2D eigenvalue weighted by Gasteiger charge is 2.34. The molecule has 1 aliphatic heterocycles. The molecule has 0 aliphatic carbocycles. The lowest BCUT2D eigenvalue weighted by atomic mass is 10.2. The Kier molecular flexibility index (Phi) is 5.83. The van der Waals surface area contributed by atoms with Crippen LogP contribution >= 0.6 is 11.6 Å². The summed E-state index contributed by atoms with van der Waals surface area (Å²) in [5.41, 5.74) is 1.21. The molecule has 0 spiro atoms. The molecule has 3 heterocycles. The van der Waals surface area contributed by atoms with Crippen molar-refractivity contribution in [3.63, 3.8) is 0 Å². The maximum atomic E-state index is 13.0. The molecule has 0 N–H and O–H groups in total. The fraction of sp³-hybridized carbons (Fsp3) is 0.588. The van der Waals surface area contributed by atoms with Crippen molar-refractivity contribution in [2.24, 2.45) is 0 Å². The van der Waals surface area contributed by atoms with Crippen molar-refractivity contribution in [2.75, 3.05) is 26.2 Å². The number of piperazine rings is 1. The Hall–Kier alpha value is -1.91. The second-order valence-corrected chi connectivity index (χ2v) is 9.18. The van der Waals surface area contributed by atoms with E-state index in [1.807, 2.05) is 13.8 Å². The molecule has 0 saturated carbocycles. The predicted octanol–water partition coefficient (Wildman–Crippen LogP) is 1.46. The van der Waals surface area contributed by atoms with E-state index >= 15 is 0 Å². The molecule has 9 nitrogen and oxygen atoms in total. The van der Waals surface area contributed by atoms with Gasteiger partial charge in [0, 0.05) is 38.9 Å². The third-order valence-corrected chi connectivity index (χ3v) is 7.48. The van der Waals surface area contributed by atoms with E-state index in [0.29, 0.717) is 30.4 Å². The zero-order valence-electron chi connectivity index (χ0n) is 16.5. The number of hydrogen-bond donors (Lipinski definition) is 0. The first-order valence-corrected chi connectivity index (χ1v) is 11.0. The van der Waals surface area contributed by atoms with Crippen LogP contribution in [0.4, 0.5) is 0 Å². The summed E-state index contributed by atoms with van der Waals surface area (Å²) < 4.78 is 30.5. The van der Waals surface area contributed by atoms with Gasteiger partial charge in [-0.25, -0.2) is 8.42 Å². The van der Waals surface area contributed by atoms with E-state index in [9.17, 15) is 13.2 Å². The Morgan fingerprint density at radius 3 is 2.39 bits per heavy atom. The molecule has 1 unspecified atom stereocenters. The van der Waals surface area contributed by atoms with E-state index in [4.69, 9.17) is 11.6 Å². The lowest BCUT2D eigenvalue weighted by Crippen LogP contribution is -2.51. The molecule has 1 aliphatic rings. The largest absolute Gasteiger partial charge is 0.338 e. The van der Waals surface area contributed by atoms with E-state index in [-0.39, 0.29) is 23.9 Å². The number of nitrogens with zero attached hydrogens (tertiary/aromatic N) is 6. The smallest absolute Gasteiger partial charge is 0.247 e. The first kappa shape index (κ1) is 20.8. The number of halogens is 1. The summed E-state index contributed by atoms with van der Waals surface area (Å²) in [6.07, 6.45) is 3.08. The summed E-state index contributed by atoms with van der Waals surface area (Å²) in [7, 11) is -3.63. The molecule has 1 saturated heterocycles. The molecule has 28 heavy (non-hydrogen) atoms. The van der Waals surface area contributed by atoms with Crippen LogP contribution in [-0.4, -0.2) is 69.3 Å². The highest BCUT2D eigenvalue weighted by atomic mass is 35.5. The molecule has 2 aromatic rings. The van der Waals surface area contributed by atoms with Crippen molar-refractivity contribution >= 4 is 27.5 Å². The molecule has 1 atom stereocenters. The summed E-state index contributed by atoms with van der Waals surface area (Å²) in [5.74, 6) is -0.102. The van der Waals surface area contributed by atoms with Crippen LogP contribution in [-0.2, 0) is 21.4 Å². The number of rotatable bonds is 5. The van der Waals surface area contributed by atoms with Crippen molar-refractivity contribution in [1.29, 1.82) is 0 Å². The molecule has 0 bridgehead atoms. The SMILES string of the molecule is CCn1cc(S(=O)(=O)N2CCN(C(=O)C(C)n3ncc(Cl)c3C)CC2)c(C)n1. The van der Waals surface area contributed by atoms with Gasteiger partial charge in [-0.05, 0) is 27.7 Å². The molecule has 2 aromatic heterocycles. The van der Waals surface area contributed by atoms with Crippen LogP contribution in [0.1, 0.15) is 31.3 Å². The quantitative estimate of drug-likeness (QED) is 0.718. The first-order valence-electron chi connectivity index (χ1n) is 9.19. The normalized spacial score (nSPS) is 17.1. The Labute approximate surface area is 169 Å². The van der Waals surface area contributed by atoms with Crippen LogP contribution < -0.4 is 0 Å². The lowest BCUT2D eigenvalue weighted by Gasteiger charge is -2.35. The van der Waals surface area contributed by atoms with Gasteiger partial charge < -0.3 is 4.90 Å². The Morgan fingerprint density at radius 1 is 1.25 bits per heavy atom. The summed E-state index contributed by atoms with van der Waals surface area (Å²) in [6, 6.07) is -0.499. The summed E-state index contributed by atoms with van der Waals surface area (Å²) >= 11 is 6.03. The van der Waals surface area contributed by atoms with Gasteiger partial charge in [0.25, 0.3) is 0 Å². The monoisotopic (exact) mass is 428 g/mol. The van der Waals surface area contributed by atoms with Gasteiger partial charge in [0.15, 0.2) is 0 Å². The first-order chi connectivity index (χ1) is 13.2. The lowest BCUT2D eigenvalue weighted by molar-refractivity contribution is -0.135. The van der Waals surface area contributed by atoms with Crippen LogP contribution in [0.25, 0.3) is 0 Å². The van der Waals surface area contributed by atoms with Gasteiger partial charge in [0.2, 0.25) is 15.9 Å². The Bertz CT molecular complexity index is 975. The number of sulfonamides is 1. The average molecular weight is 429 g/mol. The van der Waals surface area contributed by atoms with E-state index in [1.54, 1.807) is 34.3 Å². The number of carbonyl (C=O) groups excluding carboxylic acids is 1. The molecule has 11 heteroatoms. The molecule has 3 rings (SSSR count). The highest BCUT2D eigenvalue weighted by Crippen LogP contribution is 2.23. The summed E-state index contributed by atoms with van der Waals surface area (Å²) in [4.78, 5) is 14.7. The number of carbonyl (C=O) groups is 1. The van der Waals surface area contributed by atoms with Gasteiger partial charge >= 0.3 is 0 Å². The van der Waals surface area contributed by atoms with E-state index < -0.39 is 16.1 Å². The van der Waals surface area contributed by atoms with Crippen molar-refractivity contribution in [2.45, 2.75) is 45.2 Å². The molecule has 0 radical (unpaired) electrons. The van der Waals surface area contributed by atoms with Crippen LogP contribution in [0.5, 0.6) is 0 Å². The molecule has 1 amide bonds. The van der Waals surface area contributed by atoms with E-state index in [2.05, 4.69) is 10.2 Å². The second kappa shape index (κ2) is 7.84. The fourth-order valence-electron chi connectivity index (χ4n) is 3.36. The third-order valence-electron chi connectivity index (χ3n) is 5.10. The predicted molar refractivity (Wildman–Crippen MR) is 105 cm³/mol. The van der Waals surface area contributed by atoms with Gasteiger partial charge in [-0.3, -0.25) is 14.2 Å². The minimum absolute atomic E-state index is 0.102. The maximum Gasteiger partial charge on any atom is 0.247 e. The minimum Gasteiger partial charge on any atom is -0.338 e. The topological polar surface area (TPSA) is 93.3 Å². The highest BCUT2D eigenvalue weighted by molar-refractivity contribution is 7.89. The molecule has 154 valence electrons. The van der Waals surface area contributed by atoms with E-state index in [0.717, 1.165) is 5.69 Å². The fourth-order valence-corrected chi connectivity index (χ4v) is 5.09. The number of hydrogen-bond acceptors (Lipinski definition) is 5. The molecule has 1 fully saturated rings. The van der Waals surface area contributed by atoms with Gasteiger partial charge in [-0.1, -0.05) is 11.6 Å². The van der Waals surface area contributed by atoms with Crippen molar-refractivity contribution in [3.05, 3.63) is 28.8 Å². The average Bonchev–Trinajstić information content (AvgIpc) is 3.23. The summed E-state index contributed by atoms with van der Waals surface area (Å²) in [5, 5.41) is 8.91. The van der Waals surface area contributed by atoms with Gasteiger partial charge in [-0.15, -0.1) is 0 Å². The zero-order chi connectivity index (χ0) is 20.6. The van der Waals surface area contributed by atoms with E-state index in [1.165, 1.54) is 10.5 Å². The second-order valence-electron chi connectivity index (χ2n) is 6.86. The number of aryl methyl sites for hydroxylation is 2. The van der Waals surface area contributed by atoms with Gasteiger partial charge in [0.05, 0.1) is 22.6 Å². The Balaban J connectivity index is 1.69. The zero-order valence-corrected chi connectivity index (χ0v) is 18.0. The van der Waals surface area contributed by atoms with Gasteiger partial charge in [-0.2, -0.15) is 14.5 Å². The van der Waals surface area contributed by atoms with Crippen LogP contribution in [0.3, 0.4) is 0 Å². The Morgan fingerprint density at radius 2 is 1.89 bits per heavy atom. The molecule has 0 aromatic carbocycles. The standard InChI is InChI=1S/C17H25ClN6O3S/c1-5-22-11-16(12(2)20-22)28(26,27)23-8-6-21(7-9-23)17(25)14(4)24-13(3)15(18)10-19-24/h10-11,14H,5-9H2,1-4H3. The van der Waals surface area contributed by atoms with Crippen LogP contribution in [0, 0.1) is 13.8 Å². The van der Waals surface area contributed by atoms with Crippen molar-refractivity contribution in [1.82, 2.24) is 28.8 Å². The minimum atomic E-state index is -3.63. The maximum absolute atomic E-state index is 13.0. The number of amides is 1. The van der Waals surface area contributed by atoms with Crippen molar-refractivity contribution in [3.8, 4) is 0 Å². The third kappa shape index (κ3) is 3.68. The molecular weight excluding hydrogens is 404 g/mol.